The molecule has 0 saturated carbocycles. The number of hydrogen-bond donors (Lipinski definition) is 1. The molecule has 0 aliphatic carbocycles. The lowest BCUT2D eigenvalue weighted by Crippen LogP contribution is -2.45. The first kappa shape index (κ1) is 15.9. The van der Waals surface area contributed by atoms with Gasteiger partial charge in [0, 0.05) is 12.3 Å². The number of para-hydroxylation sites is 2. The van der Waals surface area contributed by atoms with E-state index in [9.17, 15) is 9.59 Å². The topological polar surface area (TPSA) is 52.7 Å². The number of carbonyl (C=O) groups excluding carboxylic acids is 2. The van der Waals surface area contributed by atoms with Gasteiger partial charge in [0.25, 0.3) is 0 Å². The van der Waals surface area contributed by atoms with Crippen molar-refractivity contribution in [3.8, 4) is 0 Å². The van der Waals surface area contributed by atoms with E-state index in [0.717, 1.165) is 18.0 Å². The number of amides is 2. The maximum atomic E-state index is 12.6. The molecule has 0 saturated heterocycles. The Hall–Kier alpha value is -1.53. The molecule has 1 aliphatic heterocycles. The zero-order valence-electron chi connectivity index (χ0n) is 12.6. The third-order valence-electron chi connectivity index (χ3n) is 3.29. The lowest BCUT2D eigenvalue weighted by Gasteiger charge is -2.31. The predicted molar refractivity (Wildman–Crippen MR) is 87.9 cm³/mol. The van der Waals surface area contributed by atoms with Crippen LogP contribution in [0.5, 0.6) is 0 Å². The zero-order valence-corrected chi connectivity index (χ0v) is 13.4. The Balaban J connectivity index is 2.07. The number of hydrogen-bond acceptors (Lipinski definition) is 4. The van der Waals surface area contributed by atoms with Crippen molar-refractivity contribution in [2.24, 2.45) is 0 Å². The Morgan fingerprint density at radius 1 is 1.43 bits per heavy atom. The Morgan fingerprint density at radius 3 is 2.86 bits per heavy atom. The van der Waals surface area contributed by atoms with Crippen LogP contribution in [0.1, 0.15) is 6.92 Å². The van der Waals surface area contributed by atoms with Crippen molar-refractivity contribution in [2.45, 2.75) is 12.2 Å². The Labute approximate surface area is 129 Å². The molecule has 2 amide bonds. The first-order valence-electron chi connectivity index (χ1n) is 6.95. The second-order valence-electron chi connectivity index (χ2n) is 5.31. The molecule has 1 aliphatic rings. The lowest BCUT2D eigenvalue weighted by atomic mass is 10.2. The molecule has 1 aromatic carbocycles. The number of anilines is 2. The highest BCUT2D eigenvalue weighted by Gasteiger charge is 2.29. The first-order valence-corrected chi connectivity index (χ1v) is 8.00. The van der Waals surface area contributed by atoms with Gasteiger partial charge >= 0.3 is 0 Å². The number of thioether (sulfide) groups is 1. The van der Waals surface area contributed by atoms with Gasteiger partial charge in [-0.1, -0.05) is 12.1 Å². The summed E-state index contributed by atoms with van der Waals surface area (Å²) in [5.41, 5.74) is 1.48. The summed E-state index contributed by atoms with van der Waals surface area (Å²) in [6.45, 7) is 2.92. The van der Waals surface area contributed by atoms with Crippen molar-refractivity contribution >= 4 is 35.0 Å². The van der Waals surface area contributed by atoms with Crippen LogP contribution in [0.4, 0.5) is 11.4 Å². The third-order valence-corrected chi connectivity index (χ3v) is 4.41. The van der Waals surface area contributed by atoms with Crippen molar-refractivity contribution in [2.75, 3.05) is 43.2 Å². The molecule has 0 fully saturated rings. The van der Waals surface area contributed by atoms with E-state index in [-0.39, 0.29) is 23.6 Å². The van der Waals surface area contributed by atoms with Gasteiger partial charge in [0.1, 0.15) is 6.54 Å². The maximum absolute atomic E-state index is 12.6. The lowest BCUT2D eigenvalue weighted by molar-refractivity contribution is -0.121. The average molecular weight is 307 g/mol. The van der Waals surface area contributed by atoms with Crippen LogP contribution in [-0.4, -0.2) is 54.9 Å². The smallest absolute Gasteiger partial charge is 0.244 e. The quantitative estimate of drug-likeness (QED) is 0.899. The largest absolute Gasteiger partial charge is 0.323 e. The highest BCUT2D eigenvalue weighted by molar-refractivity contribution is 8.00. The van der Waals surface area contributed by atoms with E-state index in [0.29, 0.717) is 5.69 Å². The molecule has 0 bridgehead atoms. The molecule has 21 heavy (non-hydrogen) atoms. The van der Waals surface area contributed by atoms with Crippen molar-refractivity contribution in [3.63, 3.8) is 0 Å². The summed E-state index contributed by atoms with van der Waals surface area (Å²) in [5.74, 6) is 0.732. The van der Waals surface area contributed by atoms with Crippen LogP contribution in [-0.2, 0) is 9.59 Å². The van der Waals surface area contributed by atoms with E-state index in [1.165, 1.54) is 0 Å². The minimum atomic E-state index is -0.163. The molecule has 0 aromatic heterocycles. The summed E-state index contributed by atoms with van der Waals surface area (Å²) >= 11 is 1.62. The van der Waals surface area contributed by atoms with Crippen molar-refractivity contribution in [1.29, 1.82) is 0 Å². The number of nitrogens with one attached hydrogen (secondary N) is 1. The summed E-state index contributed by atoms with van der Waals surface area (Å²) in [6, 6.07) is 7.41. The standard InChI is InChI=1S/C15H21N3O2S/c1-11(21-9-8-17(2)3)15(20)18-10-14(19)16-12-6-4-5-7-13(12)18/h4-7,11H,8-10H2,1-3H3,(H,16,19)/t11-/m0/s1. The van der Waals surface area contributed by atoms with Crippen LogP contribution in [0, 0.1) is 0 Å². The minimum absolute atomic E-state index is 0.0129. The summed E-state index contributed by atoms with van der Waals surface area (Å²) in [5, 5.41) is 2.63. The van der Waals surface area contributed by atoms with E-state index in [1.54, 1.807) is 16.7 Å². The van der Waals surface area contributed by atoms with Gasteiger partial charge < -0.3 is 10.2 Å². The summed E-state index contributed by atoms with van der Waals surface area (Å²) in [6.07, 6.45) is 0. The Kier molecular flexibility index (Phi) is 5.25. The summed E-state index contributed by atoms with van der Waals surface area (Å²) in [4.78, 5) is 28.0. The predicted octanol–water partition coefficient (Wildman–Crippen LogP) is 1.65. The van der Waals surface area contributed by atoms with Crippen LogP contribution in [0.2, 0.25) is 0 Å². The van der Waals surface area contributed by atoms with Gasteiger partial charge in [0.05, 0.1) is 16.6 Å². The highest BCUT2D eigenvalue weighted by Crippen LogP contribution is 2.30. The maximum Gasteiger partial charge on any atom is 0.244 e. The zero-order chi connectivity index (χ0) is 15.4. The van der Waals surface area contributed by atoms with Crippen LogP contribution in [0.25, 0.3) is 0 Å². The molecule has 6 heteroatoms. The fourth-order valence-electron chi connectivity index (χ4n) is 2.13. The molecule has 114 valence electrons. The molecule has 1 N–H and O–H groups in total. The summed E-state index contributed by atoms with van der Waals surface area (Å²) in [7, 11) is 4.02. The fraction of sp³-hybridized carbons (Fsp3) is 0.467. The number of fused-ring (bicyclic) bond motifs is 1. The van der Waals surface area contributed by atoms with Crippen molar-refractivity contribution < 1.29 is 9.59 Å². The molecular formula is C15H21N3O2S. The molecule has 2 rings (SSSR count). The van der Waals surface area contributed by atoms with Gasteiger partial charge in [0.2, 0.25) is 11.8 Å². The van der Waals surface area contributed by atoms with E-state index >= 15 is 0 Å². The number of carbonyl (C=O) groups is 2. The van der Waals surface area contributed by atoms with Gasteiger partial charge in [-0.05, 0) is 33.2 Å². The third kappa shape index (κ3) is 3.98. The van der Waals surface area contributed by atoms with Gasteiger partial charge in [-0.3, -0.25) is 14.5 Å². The normalized spacial score (nSPS) is 15.6. The van der Waals surface area contributed by atoms with Gasteiger partial charge in [0.15, 0.2) is 0 Å². The molecule has 0 radical (unpaired) electrons. The van der Waals surface area contributed by atoms with Gasteiger partial charge in [-0.2, -0.15) is 0 Å². The second-order valence-corrected chi connectivity index (χ2v) is 6.75. The van der Waals surface area contributed by atoms with E-state index in [2.05, 4.69) is 10.2 Å². The molecule has 5 nitrogen and oxygen atoms in total. The fourth-order valence-corrected chi connectivity index (χ4v) is 3.23. The molecular weight excluding hydrogens is 286 g/mol. The molecule has 1 heterocycles. The number of nitrogens with zero attached hydrogens (tertiary/aromatic N) is 2. The monoisotopic (exact) mass is 307 g/mol. The van der Waals surface area contributed by atoms with E-state index in [4.69, 9.17) is 0 Å². The van der Waals surface area contributed by atoms with Crippen molar-refractivity contribution in [3.05, 3.63) is 24.3 Å². The van der Waals surface area contributed by atoms with Crippen LogP contribution >= 0.6 is 11.8 Å². The first-order chi connectivity index (χ1) is 9.99. The van der Waals surface area contributed by atoms with Gasteiger partial charge in [-0.15, -0.1) is 11.8 Å². The Morgan fingerprint density at radius 2 is 2.14 bits per heavy atom. The summed E-state index contributed by atoms with van der Waals surface area (Å²) < 4.78 is 0. The average Bonchev–Trinajstić information content (AvgIpc) is 2.45. The van der Waals surface area contributed by atoms with Crippen molar-refractivity contribution in [1.82, 2.24) is 4.90 Å². The van der Waals surface area contributed by atoms with Crippen LogP contribution < -0.4 is 10.2 Å². The van der Waals surface area contributed by atoms with Crippen LogP contribution in [0.15, 0.2) is 24.3 Å². The Bertz CT molecular complexity index is 533. The molecule has 1 aromatic rings. The molecule has 1 atom stereocenters. The number of benzene rings is 1. The van der Waals surface area contributed by atoms with E-state index in [1.807, 2.05) is 45.3 Å². The molecule has 0 spiro atoms. The highest BCUT2D eigenvalue weighted by atomic mass is 32.2. The van der Waals surface area contributed by atoms with Gasteiger partial charge in [-0.25, -0.2) is 0 Å². The SMILES string of the molecule is C[C@H](SCCN(C)C)C(=O)N1CC(=O)Nc2ccccc21. The van der Waals surface area contributed by atoms with Crippen LogP contribution in [0.3, 0.4) is 0 Å². The number of rotatable bonds is 5. The van der Waals surface area contributed by atoms with E-state index < -0.39 is 0 Å². The second kappa shape index (κ2) is 6.95. The molecule has 0 unspecified atom stereocenters. The minimum Gasteiger partial charge on any atom is -0.323 e.